The number of rotatable bonds is 3. The van der Waals surface area contributed by atoms with Crippen LogP contribution in [0.1, 0.15) is 25.7 Å². The molecule has 0 radical (unpaired) electrons. The average molecular weight is 337 g/mol. The van der Waals surface area contributed by atoms with Gasteiger partial charge >= 0.3 is 0 Å². The van der Waals surface area contributed by atoms with E-state index in [1.54, 1.807) is 0 Å². The maximum Gasteiger partial charge on any atom is 0.240 e. The van der Waals surface area contributed by atoms with Crippen molar-refractivity contribution in [2.24, 2.45) is 5.41 Å². The van der Waals surface area contributed by atoms with Gasteiger partial charge in [0.1, 0.15) is 5.41 Å². The highest BCUT2D eigenvalue weighted by Gasteiger charge is 2.58. The molecule has 20 heavy (non-hydrogen) atoms. The number of nitrogens with zero attached hydrogens (tertiary/aromatic N) is 1. The summed E-state index contributed by atoms with van der Waals surface area (Å²) in [5.41, 5.74) is -0.0722. The van der Waals surface area contributed by atoms with E-state index in [0.717, 1.165) is 36.1 Å². The molecule has 0 bridgehead atoms. The number of amides is 2. The summed E-state index contributed by atoms with van der Waals surface area (Å²) in [6.45, 7) is 1.59. The van der Waals surface area contributed by atoms with Gasteiger partial charge in [-0.3, -0.25) is 9.59 Å². The Morgan fingerprint density at radius 2 is 1.90 bits per heavy atom. The molecule has 0 aromatic heterocycles. The zero-order valence-electron chi connectivity index (χ0n) is 11.2. The van der Waals surface area contributed by atoms with Gasteiger partial charge in [-0.05, 0) is 43.9 Å². The fourth-order valence-corrected chi connectivity index (χ4v) is 3.10. The molecule has 1 heterocycles. The van der Waals surface area contributed by atoms with Crippen LogP contribution in [0.25, 0.3) is 0 Å². The first-order valence-corrected chi connectivity index (χ1v) is 7.77. The summed E-state index contributed by atoms with van der Waals surface area (Å²) in [5.74, 6) is -0.144. The van der Waals surface area contributed by atoms with Crippen molar-refractivity contribution < 1.29 is 9.59 Å². The van der Waals surface area contributed by atoms with Crippen molar-refractivity contribution in [2.45, 2.75) is 25.7 Å². The normalized spacial score (nSPS) is 19.8. The summed E-state index contributed by atoms with van der Waals surface area (Å²) in [6.07, 6.45) is 3.44. The summed E-state index contributed by atoms with van der Waals surface area (Å²) in [7, 11) is 0. The largest absolute Gasteiger partial charge is 0.342 e. The monoisotopic (exact) mass is 336 g/mol. The number of likely N-dealkylation sites (tertiary alicyclic amines) is 1. The first-order valence-electron chi connectivity index (χ1n) is 6.98. The Bertz CT molecular complexity index is 549. The van der Waals surface area contributed by atoms with Gasteiger partial charge in [-0.1, -0.05) is 22.0 Å². The van der Waals surface area contributed by atoms with Gasteiger partial charge in [0.2, 0.25) is 11.8 Å². The van der Waals surface area contributed by atoms with Crippen LogP contribution in [0.3, 0.4) is 0 Å². The van der Waals surface area contributed by atoms with Crippen molar-refractivity contribution in [3.05, 3.63) is 28.7 Å². The molecule has 0 spiro atoms. The Kier molecular flexibility index (Phi) is 3.54. The first-order chi connectivity index (χ1) is 9.62. The first kappa shape index (κ1) is 13.6. The lowest BCUT2D eigenvalue weighted by Crippen LogP contribution is -2.41. The van der Waals surface area contributed by atoms with E-state index in [-0.39, 0.29) is 11.8 Å². The highest BCUT2D eigenvalue weighted by molar-refractivity contribution is 9.10. The third-order valence-electron chi connectivity index (χ3n) is 4.07. The van der Waals surface area contributed by atoms with E-state index in [2.05, 4.69) is 21.2 Å². The average Bonchev–Trinajstić information content (AvgIpc) is 3.06. The number of halogens is 1. The molecule has 1 saturated heterocycles. The second-order valence-corrected chi connectivity index (χ2v) is 6.46. The molecule has 4 nitrogen and oxygen atoms in total. The quantitative estimate of drug-likeness (QED) is 0.863. The van der Waals surface area contributed by atoms with Gasteiger partial charge in [-0.2, -0.15) is 0 Å². The lowest BCUT2D eigenvalue weighted by atomic mass is 10.0. The molecule has 2 amide bonds. The van der Waals surface area contributed by atoms with E-state index < -0.39 is 5.41 Å². The number of carbonyl (C=O) groups is 2. The maximum atomic E-state index is 12.5. The van der Waals surface area contributed by atoms with E-state index in [4.69, 9.17) is 0 Å². The Morgan fingerprint density at radius 3 is 2.50 bits per heavy atom. The summed E-state index contributed by atoms with van der Waals surface area (Å²) >= 11 is 3.37. The Hall–Kier alpha value is -1.36. The van der Waals surface area contributed by atoms with Crippen LogP contribution >= 0.6 is 15.9 Å². The summed E-state index contributed by atoms with van der Waals surface area (Å²) in [4.78, 5) is 26.8. The van der Waals surface area contributed by atoms with Crippen LogP contribution in [0, 0.1) is 5.41 Å². The highest BCUT2D eigenvalue weighted by Crippen LogP contribution is 2.48. The topological polar surface area (TPSA) is 49.4 Å². The second-order valence-electron chi connectivity index (χ2n) is 5.55. The Balaban J connectivity index is 1.71. The van der Waals surface area contributed by atoms with Crippen LogP contribution in [0.2, 0.25) is 0 Å². The molecule has 1 aliphatic heterocycles. The van der Waals surface area contributed by atoms with E-state index >= 15 is 0 Å². The SMILES string of the molecule is O=C(Nc1cccc(Br)c1)C1(C(=O)N2CCCC2)CC1. The minimum Gasteiger partial charge on any atom is -0.342 e. The van der Waals surface area contributed by atoms with Gasteiger partial charge in [-0.25, -0.2) is 0 Å². The minimum atomic E-state index is -0.799. The summed E-state index contributed by atoms with van der Waals surface area (Å²) in [5, 5.41) is 2.87. The second kappa shape index (κ2) is 5.20. The molecular weight excluding hydrogens is 320 g/mol. The summed E-state index contributed by atoms with van der Waals surface area (Å²) < 4.78 is 0.908. The standard InChI is InChI=1S/C15H17BrN2O2/c16-11-4-3-5-12(10-11)17-13(19)15(6-7-15)14(20)18-8-1-2-9-18/h3-5,10H,1-2,6-9H2,(H,17,19). The molecule has 106 valence electrons. The molecule has 1 aliphatic carbocycles. The van der Waals surface area contributed by atoms with Crippen LogP contribution in [0.4, 0.5) is 5.69 Å². The van der Waals surface area contributed by atoms with E-state index in [0.29, 0.717) is 12.8 Å². The van der Waals surface area contributed by atoms with Crippen molar-refractivity contribution in [1.29, 1.82) is 0 Å². The molecule has 3 rings (SSSR count). The maximum absolute atomic E-state index is 12.5. The molecule has 2 fully saturated rings. The Morgan fingerprint density at radius 1 is 1.20 bits per heavy atom. The van der Waals surface area contributed by atoms with Crippen LogP contribution in [-0.2, 0) is 9.59 Å². The molecule has 1 aromatic carbocycles. The molecule has 1 N–H and O–H groups in total. The van der Waals surface area contributed by atoms with E-state index in [9.17, 15) is 9.59 Å². The zero-order valence-corrected chi connectivity index (χ0v) is 12.8. The highest BCUT2D eigenvalue weighted by atomic mass is 79.9. The molecule has 1 aromatic rings. The van der Waals surface area contributed by atoms with Crippen molar-refractivity contribution in [3.63, 3.8) is 0 Å². The minimum absolute atomic E-state index is 0.0162. The summed E-state index contributed by atoms with van der Waals surface area (Å²) in [6, 6.07) is 7.44. The van der Waals surface area contributed by atoms with E-state index in [1.165, 1.54) is 0 Å². The lowest BCUT2D eigenvalue weighted by Gasteiger charge is -2.22. The van der Waals surface area contributed by atoms with Crippen molar-refractivity contribution in [1.82, 2.24) is 4.90 Å². The number of benzene rings is 1. The smallest absolute Gasteiger partial charge is 0.240 e. The predicted molar refractivity (Wildman–Crippen MR) is 80.3 cm³/mol. The van der Waals surface area contributed by atoms with Crippen molar-refractivity contribution >= 4 is 33.4 Å². The van der Waals surface area contributed by atoms with Gasteiger partial charge in [0, 0.05) is 23.2 Å². The molecule has 5 heteroatoms. The van der Waals surface area contributed by atoms with Gasteiger partial charge in [0.15, 0.2) is 0 Å². The Labute approximate surface area is 126 Å². The van der Waals surface area contributed by atoms with Gasteiger partial charge in [0.25, 0.3) is 0 Å². The van der Waals surface area contributed by atoms with Gasteiger partial charge in [-0.15, -0.1) is 0 Å². The number of hydrogen-bond donors (Lipinski definition) is 1. The van der Waals surface area contributed by atoms with Crippen LogP contribution in [-0.4, -0.2) is 29.8 Å². The van der Waals surface area contributed by atoms with Crippen LogP contribution < -0.4 is 5.32 Å². The van der Waals surface area contributed by atoms with Crippen LogP contribution in [0.5, 0.6) is 0 Å². The zero-order chi connectivity index (χ0) is 14.2. The number of carbonyl (C=O) groups excluding carboxylic acids is 2. The van der Waals surface area contributed by atoms with Crippen LogP contribution in [0.15, 0.2) is 28.7 Å². The molecule has 2 aliphatic rings. The molecule has 0 unspecified atom stereocenters. The molecular formula is C15H17BrN2O2. The predicted octanol–water partition coefficient (Wildman–Crippen LogP) is 2.79. The fourth-order valence-electron chi connectivity index (χ4n) is 2.70. The third kappa shape index (κ3) is 2.46. The van der Waals surface area contributed by atoms with Gasteiger partial charge in [0.05, 0.1) is 0 Å². The number of anilines is 1. The van der Waals surface area contributed by atoms with Gasteiger partial charge < -0.3 is 10.2 Å². The number of nitrogens with one attached hydrogen (secondary N) is 1. The lowest BCUT2D eigenvalue weighted by molar-refractivity contribution is -0.141. The third-order valence-corrected chi connectivity index (χ3v) is 4.56. The van der Waals surface area contributed by atoms with Crippen molar-refractivity contribution in [3.8, 4) is 0 Å². The fraction of sp³-hybridized carbons (Fsp3) is 0.467. The molecule has 1 saturated carbocycles. The number of hydrogen-bond acceptors (Lipinski definition) is 2. The molecule has 0 atom stereocenters. The van der Waals surface area contributed by atoms with E-state index in [1.807, 2.05) is 29.2 Å². The van der Waals surface area contributed by atoms with Crippen molar-refractivity contribution in [2.75, 3.05) is 18.4 Å².